The molecular weight excluding hydrogens is 244 g/mol. The Bertz CT molecular complexity index is 482. The normalized spacial score (nSPS) is 15.4. The van der Waals surface area contributed by atoms with Crippen molar-refractivity contribution in [2.45, 2.75) is 38.6 Å². The van der Waals surface area contributed by atoms with Crippen molar-refractivity contribution < 1.29 is 9.72 Å². The summed E-state index contributed by atoms with van der Waals surface area (Å²) in [6.45, 7) is 2.92. The van der Waals surface area contributed by atoms with Gasteiger partial charge in [0.05, 0.1) is 10.5 Å². The van der Waals surface area contributed by atoms with Crippen molar-refractivity contribution in [1.82, 2.24) is 0 Å². The molecule has 5 nitrogen and oxygen atoms in total. The lowest BCUT2D eigenvalue weighted by atomic mass is 10.1. The number of anilines is 1. The van der Waals surface area contributed by atoms with E-state index >= 15 is 0 Å². The number of aldehydes is 1. The molecule has 1 aliphatic carbocycles. The van der Waals surface area contributed by atoms with Crippen LogP contribution in [0.25, 0.3) is 0 Å². The third-order valence-corrected chi connectivity index (χ3v) is 3.77. The van der Waals surface area contributed by atoms with Gasteiger partial charge in [0.1, 0.15) is 0 Å². The summed E-state index contributed by atoms with van der Waals surface area (Å²) in [4.78, 5) is 23.5. The lowest BCUT2D eigenvalue weighted by molar-refractivity contribution is -0.385. The van der Waals surface area contributed by atoms with Crippen molar-refractivity contribution in [2.24, 2.45) is 0 Å². The van der Waals surface area contributed by atoms with E-state index in [0.717, 1.165) is 25.1 Å². The summed E-state index contributed by atoms with van der Waals surface area (Å²) >= 11 is 0. The van der Waals surface area contributed by atoms with E-state index in [4.69, 9.17) is 0 Å². The smallest absolute Gasteiger partial charge is 0.280 e. The molecule has 0 spiro atoms. The summed E-state index contributed by atoms with van der Waals surface area (Å²) in [5.41, 5.74) is 0.933. The molecule has 1 aliphatic rings. The quantitative estimate of drug-likeness (QED) is 0.464. The van der Waals surface area contributed by atoms with Crippen LogP contribution in [0.3, 0.4) is 0 Å². The van der Waals surface area contributed by atoms with E-state index in [1.807, 2.05) is 0 Å². The first-order chi connectivity index (χ1) is 9.17. The van der Waals surface area contributed by atoms with Gasteiger partial charge in [-0.15, -0.1) is 0 Å². The SMILES string of the molecule is CCN(c1ccc([N+](=O)[O-])c(C=O)c1)C1CCCC1. The Balaban J connectivity index is 2.33. The number of nitrogens with zero attached hydrogens (tertiary/aromatic N) is 2. The van der Waals surface area contributed by atoms with Crippen molar-refractivity contribution in [3.63, 3.8) is 0 Å². The summed E-state index contributed by atoms with van der Waals surface area (Å²) in [5.74, 6) is 0. The van der Waals surface area contributed by atoms with Crippen LogP contribution in [0.4, 0.5) is 11.4 Å². The van der Waals surface area contributed by atoms with Gasteiger partial charge in [-0.05, 0) is 31.9 Å². The van der Waals surface area contributed by atoms with Crippen LogP contribution in [0.2, 0.25) is 0 Å². The molecule has 1 aromatic rings. The van der Waals surface area contributed by atoms with Gasteiger partial charge in [-0.2, -0.15) is 0 Å². The van der Waals surface area contributed by atoms with Gasteiger partial charge in [0.25, 0.3) is 5.69 Å². The molecule has 0 aromatic heterocycles. The lowest BCUT2D eigenvalue weighted by Crippen LogP contribution is -2.33. The average Bonchev–Trinajstić information content (AvgIpc) is 2.93. The molecular formula is C14H18N2O3. The van der Waals surface area contributed by atoms with Crippen LogP contribution >= 0.6 is 0 Å². The van der Waals surface area contributed by atoms with Gasteiger partial charge in [-0.1, -0.05) is 12.8 Å². The van der Waals surface area contributed by atoms with E-state index in [-0.39, 0.29) is 11.3 Å². The zero-order chi connectivity index (χ0) is 13.8. The molecule has 19 heavy (non-hydrogen) atoms. The van der Waals surface area contributed by atoms with Gasteiger partial charge in [-0.3, -0.25) is 14.9 Å². The van der Waals surface area contributed by atoms with E-state index in [0.29, 0.717) is 12.3 Å². The molecule has 0 atom stereocenters. The minimum absolute atomic E-state index is 0.124. The maximum Gasteiger partial charge on any atom is 0.280 e. The molecule has 5 heteroatoms. The summed E-state index contributed by atoms with van der Waals surface area (Å²) in [5, 5.41) is 10.8. The highest BCUT2D eigenvalue weighted by atomic mass is 16.6. The van der Waals surface area contributed by atoms with Gasteiger partial charge in [0.2, 0.25) is 0 Å². The molecule has 0 N–H and O–H groups in total. The van der Waals surface area contributed by atoms with Crippen LogP contribution in [-0.2, 0) is 0 Å². The number of nitro benzene ring substituents is 1. The topological polar surface area (TPSA) is 63.4 Å². The molecule has 0 heterocycles. The zero-order valence-electron chi connectivity index (χ0n) is 11.0. The van der Waals surface area contributed by atoms with Crippen molar-refractivity contribution in [3.8, 4) is 0 Å². The highest BCUT2D eigenvalue weighted by molar-refractivity contribution is 5.83. The maximum atomic E-state index is 11.0. The second kappa shape index (κ2) is 5.82. The maximum absolute atomic E-state index is 11.0. The number of hydrogen-bond acceptors (Lipinski definition) is 4. The van der Waals surface area contributed by atoms with Crippen LogP contribution in [-0.4, -0.2) is 23.8 Å². The highest BCUT2D eigenvalue weighted by Gasteiger charge is 2.23. The molecule has 0 saturated heterocycles. The molecule has 102 valence electrons. The van der Waals surface area contributed by atoms with Gasteiger partial charge < -0.3 is 4.90 Å². The third kappa shape index (κ3) is 2.75. The minimum Gasteiger partial charge on any atom is -0.369 e. The Morgan fingerprint density at radius 3 is 2.63 bits per heavy atom. The number of carbonyl (C=O) groups excluding carboxylic acids is 1. The van der Waals surface area contributed by atoms with Crippen molar-refractivity contribution in [3.05, 3.63) is 33.9 Å². The van der Waals surface area contributed by atoms with Gasteiger partial charge in [0.15, 0.2) is 6.29 Å². The first kappa shape index (κ1) is 13.5. The van der Waals surface area contributed by atoms with E-state index in [1.54, 1.807) is 12.1 Å². The molecule has 2 rings (SSSR count). The highest BCUT2D eigenvalue weighted by Crippen LogP contribution is 2.30. The predicted octanol–water partition coefficient (Wildman–Crippen LogP) is 3.18. The number of hydrogen-bond donors (Lipinski definition) is 0. The van der Waals surface area contributed by atoms with Crippen LogP contribution in [0, 0.1) is 10.1 Å². The molecule has 0 aliphatic heterocycles. The second-order valence-corrected chi connectivity index (χ2v) is 4.84. The summed E-state index contributed by atoms with van der Waals surface area (Å²) in [6.07, 6.45) is 5.33. The molecule has 0 amide bonds. The number of benzene rings is 1. The molecule has 1 saturated carbocycles. The van der Waals surface area contributed by atoms with Crippen LogP contribution < -0.4 is 4.90 Å². The summed E-state index contributed by atoms with van der Waals surface area (Å²) < 4.78 is 0. The third-order valence-electron chi connectivity index (χ3n) is 3.77. The van der Waals surface area contributed by atoms with Gasteiger partial charge >= 0.3 is 0 Å². The first-order valence-electron chi connectivity index (χ1n) is 6.67. The Labute approximate surface area is 112 Å². The van der Waals surface area contributed by atoms with E-state index in [2.05, 4.69) is 11.8 Å². The van der Waals surface area contributed by atoms with Crippen molar-refractivity contribution >= 4 is 17.7 Å². The van der Waals surface area contributed by atoms with E-state index in [1.165, 1.54) is 18.9 Å². The number of nitro groups is 1. The average molecular weight is 262 g/mol. The number of carbonyl (C=O) groups is 1. The van der Waals surface area contributed by atoms with Crippen LogP contribution in [0.5, 0.6) is 0 Å². The fraction of sp³-hybridized carbons (Fsp3) is 0.500. The van der Waals surface area contributed by atoms with Crippen molar-refractivity contribution in [1.29, 1.82) is 0 Å². The van der Waals surface area contributed by atoms with E-state index in [9.17, 15) is 14.9 Å². The largest absolute Gasteiger partial charge is 0.369 e. The first-order valence-corrected chi connectivity index (χ1v) is 6.67. The summed E-state index contributed by atoms with van der Waals surface area (Å²) in [7, 11) is 0. The van der Waals surface area contributed by atoms with Crippen LogP contribution in [0.1, 0.15) is 43.0 Å². The summed E-state index contributed by atoms with van der Waals surface area (Å²) in [6, 6.07) is 5.29. The lowest BCUT2D eigenvalue weighted by Gasteiger charge is -2.30. The fourth-order valence-electron chi connectivity index (χ4n) is 2.85. The standard InChI is InChI=1S/C14H18N2O3/c1-2-15(12-5-3-4-6-12)13-7-8-14(16(18)19)11(9-13)10-17/h7-10,12H,2-6H2,1H3. The predicted molar refractivity (Wildman–Crippen MR) is 73.8 cm³/mol. The Morgan fingerprint density at radius 2 is 2.11 bits per heavy atom. The Kier molecular flexibility index (Phi) is 4.14. The monoisotopic (exact) mass is 262 g/mol. The van der Waals surface area contributed by atoms with Gasteiger partial charge in [0, 0.05) is 24.3 Å². The van der Waals surface area contributed by atoms with Gasteiger partial charge in [-0.25, -0.2) is 0 Å². The Morgan fingerprint density at radius 1 is 1.42 bits per heavy atom. The van der Waals surface area contributed by atoms with E-state index < -0.39 is 4.92 Å². The number of rotatable bonds is 5. The molecule has 0 unspecified atom stereocenters. The zero-order valence-corrected chi connectivity index (χ0v) is 11.0. The minimum atomic E-state index is -0.515. The molecule has 1 aromatic carbocycles. The fourth-order valence-corrected chi connectivity index (χ4v) is 2.85. The molecule has 1 fully saturated rings. The molecule has 0 bridgehead atoms. The van der Waals surface area contributed by atoms with Crippen molar-refractivity contribution in [2.75, 3.05) is 11.4 Å². The molecule has 0 radical (unpaired) electrons. The second-order valence-electron chi connectivity index (χ2n) is 4.84. The van der Waals surface area contributed by atoms with Crippen LogP contribution in [0.15, 0.2) is 18.2 Å². The Hall–Kier alpha value is -1.91.